The Morgan fingerprint density at radius 1 is 0.321 bits per heavy atom. The Labute approximate surface area is 296 Å². The van der Waals surface area contributed by atoms with E-state index in [0.717, 1.165) is 0 Å². The summed E-state index contributed by atoms with van der Waals surface area (Å²) >= 11 is 0. The molecule has 0 aliphatic heterocycles. The highest BCUT2D eigenvalue weighted by Crippen LogP contribution is 2.22. The van der Waals surface area contributed by atoms with E-state index in [4.69, 9.17) is 20.4 Å². The van der Waals surface area contributed by atoms with Crippen LogP contribution in [-0.4, -0.2) is 259 Å². The highest BCUT2D eigenvalue weighted by molar-refractivity contribution is 6.61. The van der Waals surface area contributed by atoms with Gasteiger partial charge in [0.15, 0.2) is 24.4 Å². The highest BCUT2D eigenvalue weighted by atomic mass is 28.4. The fraction of sp³-hybridized carbons (Fsp3) is 0.833. The average molecular weight is 809 g/mol. The van der Waals surface area contributed by atoms with Crippen molar-refractivity contribution >= 4 is 32.9 Å². The standard InChI is InChI=1S/C24H44O28Si/c25-1-5(29)9(33)13(37)17(41)21(45)49-53(50-22(46)18(42)14(38)10(34)6(30)2-26,51-23(47)19(43)15(39)11(35)7(31)3-27)52-24(48)20(44)16(40)12(36)8(32)4-28/h5-20,25-44H,1-4H2/t5-,6-,7-,8-,9-,10-,11-,12-,13+,14+,15+,16+,17-,18-,19-,20-/m1/s1. The Hall–Kier alpha value is -2.70. The van der Waals surface area contributed by atoms with E-state index in [2.05, 4.69) is 17.7 Å². The zero-order valence-corrected chi connectivity index (χ0v) is 27.8. The third-order valence-corrected chi connectivity index (χ3v) is 8.69. The first-order valence-corrected chi connectivity index (χ1v) is 16.3. The fourth-order valence-electron chi connectivity index (χ4n) is 3.51. The van der Waals surface area contributed by atoms with Gasteiger partial charge in [0.1, 0.15) is 73.2 Å². The van der Waals surface area contributed by atoms with Gasteiger partial charge in [0.2, 0.25) is 0 Å². The van der Waals surface area contributed by atoms with Crippen LogP contribution in [-0.2, 0) is 36.9 Å². The number of aliphatic hydroxyl groups excluding tert-OH is 20. The summed E-state index contributed by atoms with van der Waals surface area (Å²) in [5.41, 5.74) is 0. The van der Waals surface area contributed by atoms with Crippen molar-refractivity contribution in [1.82, 2.24) is 0 Å². The molecule has 0 heterocycles. The second-order valence-electron chi connectivity index (χ2n) is 10.9. The van der Waals surface area contributed by atoms with E-state index in [1.54, 1.807) is 0 Å². The summed E-state index contributed by atoms with van der Waals surface area (Å²) in [5.74, 6) is -10.3. The first-order valence-electron chi connectivity index (χ1n) is 14.6. The summed E-state index contributed by atoms with van der Waals surface area (Å²) in [6.07, 6.45) is -44.7. The van der Waals surface area contributed by atoms with Crippen molar-refractivity contribution in [3.63, 3.8) is 0 Å². The molecular formula is C24H44O28Si. The van der Waals surface area contributed by atoms with Crippen molar-refractivity contribution < 1.29 is 139 Å². The maximum atomic E-state index is 12.9. The van der Waals surface area contributed by atoms with Gasteiger partial charge >= 0.3 is 32.9 Å². The summed E-state index contributed by atoms with van der Waals surface area (Å²) in [7, 11) is -7.02. The Morgan fingerprint density at radius 2 is 0.472 bits per heavy atom. The van der Waals surface area contributed by atoms with Gasteiger partial charge in [0, 0.05) is 0 Å². The first kappa shape index (κ1) is 50.3. The van der Waals surface area contributed by atoms with Crippen LogP contribution in [0.3, 0.4) is 0 Å². The predicted molar refractivity (Wildman–Crippen MR) is 155 cm³/mol. The quantitative estimate of drug-likeness (QED) is 0.0402. The predicted octanol–water partition coefficient (Wildman–Crippen LogP) is -14.7. The summed E-state index contributed by atoms with van der Waals surface area (Å²) in [6.45, 7) is -5.35. The zero-order valence-electron chi connectivity index (χ0n) is 26.8. The third kappa shape index (κ3) is 13.8. The molecule has 0 aromatic carbocycles. The average Bonchev–Trinajstić information content (AvgIpc) is 3.15. The second kappa shape index (κ2) is 22.6. The zero-order chi connectivity index (χ0) is 41.7. The van der Waals surface area contributed by atoms with E-state index in [0.29, 0.717) is 0 Å². The maximum Gasteiger partial charge on any atom is 0.975 e. The van der Waals surface area contributed by atoms with Crippen LogP contribution in [0.25, 0.3) is 0 Å². The van der Waals surface area contributed by atoms with Gasteiger partial charge in [-0.05, 0) is 0 Å². The Morgan fingerprint density at radius 3 is 0.604 bits per heavy atom. The minimum absolute atomic E-state index is 1.34. The number of carbonyl (C=O) groups excluding carboxylic acids is 4. The molecule has 53 heavy (non-hydrogen) atoms. The van der Waals surface area contributed by atoms with Crippen LogP contribution in [0.15, 0.2) is 0 Å². The molecule has 0 radical (unpaired) electrons. The van der Waals surface area contributed by atoms with E-state index >= 15 is 0 Å². The van der Waals surface area contributed by atoms with E-state index in [1.807, 2.05) is 0 Å². The molecule has 0 aromatic heterocycles. The Kier molecular flexibility index (Phi) is 21.5. The lowest BCUT2D eigenvalue weighted by molar-refractivity contribution is -0.189. The van der Waals surface area contributed by atoms with Gasteiger partial charge in [0.05, 0.1) is 26.4 Å². The highest BCUT2D eigenvalue weighted by Gasteiger charge is 2.66. The van der Waals surface area contributed by atoms with Gasteiger partial charge in [-0.15, -0.1) is 0 Å². The van der Waals surface area contributed by atoms with Gasteiger partial charge in [-0.1, -0.05) is 0 Å². The minimum Gasteiger partial charge on any atom is -0.421 e. The van der Waals surface area contributed by atoms with Gasteiger partial charge in [-0.3, -0.25) is 19.2 Å². The number of rotatable bonds is 24. The van der Waals surface area contributed by atoms with Crippen molar-refractivity contribution in [3.8, 4) is 0 Å². The fourth-order valence-corrected chi connectivity index (χ4v) is 5.23. The molecule has 0 saturated heterocycles. The van der Waals surface area contributed by atoms with Crippen molar-refractivity contribution in [1.29, 1.82) is 0 Å². The van der Waals surface area contributed by atoms with E-state index in [9.17, 15) is 101 Å². The number of carbonyl (C=O) groups is 4. The Balaban J connectivity index is 7.35. The van der Waals surface area contributed by atoms with Crippen molar-refractivity contribution in [3.05, 3.63) is 0 Å². The third-order valence-electron chi connectivity index (χ3n) is 6.89. The molecule has 28 nitrogen and oxygen atoms in total. The topological polar surface area (TPSA) is 510 Å². The van der Waals surface area contributed by atoms with Crippen LogP contribution >= 0.6 is 0 Å². The van der Waals surface area contributed by atoms with E-state index in [-0.39, 0.29) is 0 Å². The molecule has 0 fully saturated rings. The molecule has 0 saturated carbocycles. The SMILES string of the molecule is O=C(O[Si](OC(=O)[C@H](O)[C@@H](O)[C@H](O)[C@H](O)CO)(OC(=O)[C@H](O)[C@@H](O)[C@H](O)[C@H](O)CO)OC(=O)[C@H](O)[C@@H](O)[C@H](O)[C@H](O)CO)[C@H](O)[C@@H](O)[C@H](O)[C@H](O)CO. The lowest BCUT2D eigenvalue weighted by Crippen LogP contribution is -2.62. The summed E-state index contributed by atoms with van der Waals surface area (Å²) in [6, 6.07) is 0. The van der Waals surface area contributed by atoms with Crippen LogP contribution in [0, 0.1) is 0 Å². The molecule has 20 N–H and O–H groups in total. The summed E-state index contributed by atoms with van der Waals surface area (Å²) in [5, 5.41) is 195. The molecule has 312 valence electrons. The number of hydrogen-bond acceptors (Lipinski definition) is 28. The van der Waals surface area contributed by atoms with Crippen LogP contribution in [0.4, 0.5) is 0 Å². The minimum atomic E-state index is -7.02. The monoisotopic (exact) mass is 808 g/mol. The Bertz CT molecular complexity index is 973. The van der Waals surface area contributed by atoms with Crippen molar-refractivity contribution in [2.75, 3.05) is 26.4 Å². The van der Waals surface area contributed by atoms with Gasteiger partial charge in [-0.25, -0.2) is 0 Å². The summed E-state index contributed by atoms with van der Waals surface area (Å²) < 4.78 is 17.8. The molecule has 0 aliphatic carbocycles. The first-order chi connectivity index (χ1) is 24.4. The van der Waals surface area contributed by atoms with Crippen LogP contribution in [0.5, 0.6) is 0 Å². The van der Waals surface area contributed by atoms with Crippen LogP contribution < -0.4 is 0 Å². The lowest BCUT2D eigenvalue weighted by Gasteiger charge is -2.32. The number of aliphatic hydroxyl groups is 20. The van der Waals surface area contributed by atoms with Gasteiger partial charge < -0.3 is 120 Å². The maximum absolute atomic E-state index is 12.9. The van der Waals surface area contributed by atoms with E-state index < -0.39 is 157 Å². The molecule has 0 aliphatic rings. The molecule has 0 unspecified atom stereocenters. The summed E-state index contributed by atoms with van der Waals surface area (Å²) in [4.78, 5) is 51.7. The molecule has 16 atom stereocenters. The van der Waals surface area contributed by atoms with Crippen molar-refractivity contribution in [2.45, 2.75) is 97.7 Å². The lowest BCUT2D eigenvalue weighted by atomic mass is 10.0. The number of hydrogen-bond donors (Lipinski definition) is 20. The van der Waals surface area contributed by atoms with Crippen LogP contribution in [0.1, 0.15) is 0 Å². The molecule has 29 heteroatoms. The molecular weight excluding hydrogens is 764 g/mol. The van der Waals surface area contributed by atoms with E-state index in [1.165, 1.54) is 0 Å². The normalized spacial score (nSPS) is 21.4. The van der Waals surface area contributed by atoms with Crippen LogP contribution in [0.2, 0.25) is 0 Å². The molecule has 0 amide bonds. The second-order valence-corrected chi connectivity index (χ2v) is 12.7. The smallest absolute Gasteiger partial charge is 0.421 e. The molecule has 0 bridgehead atoms. The largest absolute Gasteiger partial charge is 0.975 e. The molecule has 0 spiro atoms. The van der Waals surface area contributed by atoms with Gasteiger partial charge in [0.25, 0.3) is 0 Å². The van der Waals surface area contributed by atoms with Gasteiger partial charge in [-0.2, -0.15) is 0 Å². The molecule has 0 aromatic rings. The van der Waals surface area contributed by atoms with Crippen molar-refractivity contribution in [2.24, 2.45) is 0 Å². The molecule has 0 rings (SSSR count).